The van der Waals surface area contributed by atoms with Gasteiger partial charge in [-0.05, 0) is 29.8 Å². The SMILES string of the molecule is O[Si](Cc1ccccc1)(Oc1ccccc1)Oc1ccccc1. The Bertz CT molecular complexity index is 616. The standard InChI is InChI=1S/C19H18O3Si/c20-23(16-17-10-4-1-5-11-17,21-18-12-6-2-7-13-18)22-19-14-8-3-9-15-19/h1-15,20H,16H2. The number of para-hydroxylation sites is 2. The average molecular weight is 322 g/mol. The Hall–Kier alpha value is -2.56. The van der Waals surface area contributed by atoms with Crippen LogP contribution < -0.4 is 8.85 Å². The zero-order valence-corrected chi connectivity index (χ0v) is 13.6. The Labute approximate surface area is 137 Å². The molecule has 1 N–H and O–H groups in total. The molecule has 4 heteroatoms. The second-order valence-electron chi connectivity index (χ2n) is 5.21. The summed E-state index contributed by atoms with van der Waals surface area (Å²) in [6, 6.07) is 28.6. The Morgan fingerprint density at radius 1 is 0.609 bits per heavy atom. The molecule has 3 aromatic rings. The fourth-order valence-electron chi connectivity index (χ4n) is 2.29. The van der Waals surface area contributed by atoms with Gasteiger partial charge in [0.05, 0.1) is 6.04 Å². The van der Waals surface area contributed by atoms with E-state index in [4.69, 9.17) is 8.85 Å². The van der Waals surface area contributed by atoms with Crippen molar-refractivity contribution >= 4 is 8.80 Å². The quantitative estimate of drug-likeness (QED) is 0.701. The number of benzene rings is 3. The molecule has 0 fully saturated rings. The van der Waals surface area contributed by atoms with Crippen molar-refractivity contribution in [2.75, 3.05) is 0 Å². The van der Waals surface area contributed by atoms with Crippen molar-refractivity contribution in [3.8, 4) is 11.5 Å². The lowest BCUT2D eigenvalue weighted by molar-refractivity contribution is 0.249. The summed E-state index contributed by atoms with van der Waals surface area (Å²) in [6.07, 6.45) is 0. The molecular weight excluding hydrogens is 304 g/mol. The predicted octanol–water partition coefficient (Wildman–Crippen LogP) is 3.86. The van der Waals surface area contributed by atoms with Gasteiger partial charge in [0.15, 0.2) is 0 Å². The molecule has 0 spiro atoms. The fraction of sp³-hybridized carbons (Fsp3) is 0.0526. The second-order valence-corrected chi connectivity index (χ2v) is 7.39. The molecule has 0 aliphatic heterocycles. The second kappa shape index (κ2) is 7.13. The van der Waals surface area contributed by atoms with Gasteiger partial charge in [-0.1, -0.05) is 66.7 Å². The molecule has 3 rings (SSSR count). The molecule has 0 heterocycles. The highest BCUT2D eigenvalue weighted by Gasteiger charge is 2.42. The van der Waals surface area contributed by atoms with Crippen molar-refractivity contribution in [3.63, 3.8) is 0 Å². The molecule has 116 valence electrons. The molecule has 0 unspecified atom stereocenters. The molecule has 0 saturated carbocycles. The van der Waals surface area contributed by atoms with Gasteiger partial charge in [-0.2, -0.15) is 0 Å². The van der Waals surface area contributed by atoms with Gasteiger partial charge in [0.1, 0.15) is 11.5 Å². The summed E-state index contributed by atoms with van der Waals surface area (Å²) >= 11 is 0. The van der Waals surface area contributed by atoms with Crippen LogP contribution in [0.2, 0.25) is 0 Å². The summed E-state index contributed by atoms with van der Waals surface area (Å²) in [5.41, 5.74) is 0.980. The van der Waals surface area contributed by atoms with Crippen LogP contribution in [0.5, 0.6) is 11.5 Å². The Balaban J connectivity index is 1.85. The van der Waals surface area contributed by atoms with Crippen LogP contribution in [0, 0.1) is 0 Å². The van der Waals surface area contributed by atoms with Crippen LogP contribution >= 0.6 is 0 Å². The van der Waals surface area contributed by atoms with Gasteiger partial charge in [0.2, 0.25) is 0 Å². The van der Waals surface area contributed by atoms with Gasteiger partial charge in [-0.15, -0.1) is 0 Å². The first-order valence-electron chi connectivity index (χ1n) is 7.48. The van der Waals surface area contributed by atoms with Crippen molar-refractivity contribution < 1.29 is 13.6 Å². The van der Waals surface area contributed by atoms with Crippen molar-refractivity contribution in [1.29, 1.82) is 0 Å². The average Bonchev–Trinajstić information content (AvgIpc) is 2.57. The lowest BCUT2D eigenvalue weighted by Crippen LogP contribution is -2.51. The van der Waals surface area contributed by atoms with Gasteiger partial charge in [0, 0.05) is 0 Å². The van der Waals surface area contributed by atoms with Crippen LogP contribution in [0.4, 0.5) is 0 Å². The first-order valence-corrected chi connectivity index (χ1v) is 9.45. The predicted molar refractivity (Wildman–Crippen MR) is 92.3 cm³/mol. The van der Waals surface area contributed by atoms with E-state index < -0.39 is 8.80 Å². The maximum absolute atomic E-state index is 11.1. The minimum Gasteiger partial charge on any atom is -0.492 e. The minimum atomic E-state index is -3.47. The zero-order chi connectivity index (χ0) is 16.0. The highest BCUT2D eigenvalue weighted by molar-refractivity contribution is 6.60. The third-order valence-corrected chi connectivity index (χ3v) is 5.28. The van der Waals surface area contributed by atoms with E-state index in [0.717, 1.165) is 5.56 Å². The molecule has 3 aromatic carbocycles. The molecule has 0 atom stereocenters. The highest BCUT2D eigenvalue weighted by atomic mass is 28.4. The fourth-order valence-corrected chi connectivity index (χ4v) is 4.24. The van der Waals surface area contributed by atoms with Crippen LogP contribution in [-0.2, 0) is 6.04 Å². The third kappa shape index (κ3) is 4.45. The van der Waals surface area contributed by atoms with Gasteiger partial charge < -0.3 is 13.6 Å². The first-order chi connectivity index (χ1) is 11.2. The van der Waals surface area contributed by atoms with Crippen molar-refractivity contribution in [3.05, 3.63) is 96.6 Å². The summed E-state index contributed by atoms with van der Waals surface area (Å²) in [5.74, 6) is 1.21. The Morgan fingerprint density at radius 3 is 1.43 bits per heavy atom. The first kappa shape index (κ1) is 15.3. The highest BCUT2D eigenvalue weighted by Crippen LogP contribution is 2.21. The van der Waals surface area contributed by atoms with Crippen LogP contribution in [0.1, 0.15) is 5.56 Å². The van der Waals surface area contributed by atoms with Crippen LogP contribution in [0.25, 0.3) is 0 Å². The number of hydrogen-bond acceptors (Lipinski definition) is 3. The van der Waals surface area contributed by atoms with E-state index in [0.29, 0.717) is 17.5 Å². The molecule has 0 aromatic heterocycles. The molecular formula is C19H18O3Si. The maximum atomic E-state index is 11.1. The van der Waals surface area contributed by atoms with E-state index in [-0.39, 0.29) is 0 Å². The molecule has 0 bridgehead atoms. The topological polar surface area (TPSA) is 38.7 Å². The summed E-state index contributed by atoms with van der Waals surface area (Å²) in [7, 11) is -3.47. The summed E-state index contributed by atoms with van der Waals surface area (Å²) in [4.78, 5) is 11.1. The molecule has 23 heavy (non-hydrogen) atoms. The van der Waals surface area contributed by atoms with Gasteiger partial charge >= 0.3 is 8.80 Å². The van der Waals surface area contributed by atoms with E-state index in [1.165, 1.54) is 0 Å². The number of rotatable bonds is 6. The van der Waals surface area contributed by atoms with E-state index in [2.05, 4.69) is 0 Å². The number of hydrogen-bond donors (Lipinski definition) is 1. The Morgan fingerprint density at radius 2 is 1.00 bits per heavy atom. The third-order valence-electron chi connectivity index (χ3n) is 3.31. The van der Waals surface area contributed by atoms with Crippen molar-refractivity contribution in [1.82, 2.24) is 0 Å². The summed E-state index contributed by atoms with van der Waals surface area (Å²) in [6.45, 7) is 0. The van der Waals surface area contributed by atoms with Crippen LogP contribution in [-0.4, -0.2) is 13.6 Å². The van der Waals surface area contributed by atoms with Gasteiger partial charge in [-0.3, -0.25) is 0 Å². The van der Waals surface area contributed by atoms with Gasteiger partial charge in [-0.25, -0.2) is 0 Å². The monoisotopic (exact) mass is 322 g/mol. The Kier molecular flexibility index (Phi) is 4.76. The molecule has 0 aliphatic carbocycles. The maximum Gasteiger partial charge on any atom is 0.634 e. The summed E-state index contributed by atoms with van der Waals surface area (Å²) in [5, 5.41) is 0. The van der Waals surface area contributed by atoms with E-state index >= 15 is 0 Å². The lowest BCUT2D eigenvalue weighted by Gasteiger charge is -2.25. The van der Waals surface area contributed by atoms with Gasteiger partial charge in [0.25, 0.3) is 0 Å². The lowest BCUT2D eigenvalue weighted by atomic mass is 10.2. The molecule has 0 amide bonds. The van der Waals surface area contributed by atoms with E-state index in [1.807, 2.05) is 91.0 Å². The van der Waals surface area contributed by atoms with Crippen LogP contribution in [0.3, 0.4) is 0 Å². The molecule has 0 saturated heterocycles. The zero-order valence-electron chi connectivity index (χ0n) is 12.6. The summed E-state index contributed by atoms with van der Waals surface area (Å²) < 4.78 is 11.8. The van der Waals surface area contributed by atoms with E-state index in [9.17, 15) is 4.80 Å². The minimum absolute atomic E-state index is 0.345. The molecule has 0 radical (unpaired) electrons. The van der Waals surface area contributed by atoms with Crippen molar-refractivity contribution in [2.24, 2.45) is 0 Å². The van der Waals surface area contributed by atoms with Crippen molar-refractivity contribution in [2.45, 2.75) is 6.04 Å². The van der Waals surface area contributed by atoms with Crippen LogP contribution in [0.15, 0.2) is 91.0 Å². The normalized spacial score (nSPS) is 11.0. The van der Waals surface area contributed by atoms with E-state index in [1.54, 1.807) is 0 Å². The smallest absolute Gasteiger partial charge is 0.492 e. The largest absolute Gasteiger partial charge is 0.634 e. The molecule has 3 nitrogen and oxygen atoms in total. The molecule has 0 aliphatic rings.